The number of rotatable bonds is 6. The molecule has 0 aliphatic rings. The monoisotopic (exact) mass is 339 g/mol. The fraction of sp³-hybridized carbons (Fsp3) is 0.158. The molecule has 1 heterocycles. The van der Waals surface area contributed by atoms with Crippen LogP contribution in [-0.2, 0) is 17.8 Å². The maximum Gasteiger partial charge on any atom is 0.309 e. The average Bonchev–Trinajstić information content (AvgIpc) is 3.01. The van der Waals surface area contributed by atoms with Gasteiger partial charge in [-0.05, 0) is 30.2 Å². The largest absolute Gasteiger partial charge is 0.489 e. The van der Waals surface area contributed by atoms with Gasteiger partial charge in [0.15, 0.2) is 0 Å². The minimum Gasteiger partial charge on any atom is -0.489 e. The normalized spacial score (nSPS) is 10.5. The molecule has 24 heavy (non-hydrogen) atoms. The molecule has 0 bridgehead atoms. The molecular formula is C19H17NO3S. The Hall–Kier alpha value is -2.66. The van der Waals surface area contributed by atoms with E-state index >= 15 is 0 Å². The molecule has 3 aromatic rings. The molecule has 0 atom stereocenters. The Morgan fingerprint density at radius 3 is 2.71 bits per heavy atom. The van der Waals surface area contributed by atoms with Gasteiger partial charge in [-0.3, -0.25) is 4.79 Å². The topological polar surface area (TPSA) is 59.4 Å². The number of hydrogen-bond donors (Lipinski definition) is 1. The second kappa shape index (κ2) is 7.27. The van der Waals surface area contributed by atoms with Gasteiger partial charge in [-0.2, -0.15) is 0 Å². The Labute approximate surface area is 144 Å². The molecule has 0 radical (unpaired) electrons. The summed E-state index contributed by atoms with van der Waals surface area (Å²) in [5.41, 5.74) is 3.82. The molecule has 0 amide bonds. The van der Waals surface area contributed by atoms with E-state index in [1.54, 1.807) is 5.38 Å². The van der Waals surface area contributed by atoms with Gasteiger partial charge in [-0.15, -0.1) is 11.3 Å². The van der Waals surface area contributed by atoms with Crippen LogP contribution in [0.25, 0.3) is 10.6 Å². The van der Waals surface area contributed by atoms with E-state index < -0.39 is 5.97 Å². The van der Waals surface area contributed by atoms with Crippen LogP contribution in [0.5, 0.6) is 5.75 Å². The molecule has 0 fully saturated rings. The van der Waals surface area contributed by atoms with Crippen molar-refractivity contribution in [3.05, 3.63) is 70.7 Å². The first-order valence-electron chi connectivity index (χ1n) is 7.55. The van der Waals surface area contributed by atoms with Crippen LogP contribution in [0.15, 0.2) is 53.9 Å². The summed E-state index contributed by atoms with van der Waals surface area (Å²) in [4.78, 5) is 15.1. The van der Waals surface area contributed by atoms with E-state index in [0.717, 1.165) is 21.9 Å². The van der Waals surface area contributed by atoms with Gasteiger partial charge in [-0.1, -0.05) is 36.4 Å². The van der Waals surface area contributed by atoms with Gasteiger partial charge in [0.25, 0.3) is 0 Å². The molecule has 4 nitrogen and oxygen atoms in total. The highest BCUT2D eigenvalue weighted by Gasteiger charge is 2.08. The molecule has 0 saturated carbocycles. The predicted octanol–water partition coefficient (Wildman–Crippen LogP) is 4.32. The van der Waals surface area contributed by atoms with E-state index in [-0.39, 0.29) is 6.42 Å². The molecule has 1 N–H and O–H groups in total. The van der Waals surface area contributed by atoms with Crippen LogP contribution in [-0.4, -0.2) is 16.1 Å². The smallest absolute Gasteiger partial charge is 0.309 e. The molecule has 1 aromatic heterocycles. The summed E-state index contributed by atoms with van der Waals surface area (Å²) in [5, 5.41) is 11.4. The number of carbonyl (C=O) groups is 1. The molecule has 0 aliphatic carbocycles. The van der Waals surface area contributed by atoms with E-state index in [0.29, 0.717) is 12.3 Å². The minimum absolute atomic E-state index is 0.0427. The lowest BCUT2D eigenvalue weighted by Gasteiger charge is -2.07. The van der Waals surface area contributed by atoms with Crippen molar-refractivity contribution in [3.63, 3.8) is 0 Å². The molecule has 3 rings (SSSR count). The highest BCUT2D eigenvalue weighted by molar-refractivity contribution is 7.13. The number of thiazole rings is 1. The van der Waals surface area contributed by atoms with Gasteiger partial charge < -0.3 is 9.84 Å². The van der Waals surface area contributed by atoms with E-state index in [4.69, 9.17) is 9.84 Å². The van der Waals surface area contributed by atoms with Gasteiger partial charge >= 0.3 is 5.97 Å². The number of benzene rings is 2. The Bertz CT molecular complexity index is 840. The van der Waals surface area contributed by atoms with Crippen LogP contribution in [0.4, 0.5) is 0 Å². The maximum absolute atomic E-state index is 10.7. The highest BCUT2D eigenvalue weighted by Crippen LogP contribution is 2.24. The summed E-state index contributed by atoms with van der Waals surface area (Å²) in [5.74, 6) is -0.00666. The number of aromatic nitrogens is 1. The van der Waals surface area contributed by atoms with Gasteiger partial charge in [0.2, 0.25) is 0 Å². The van der Waals surface area contributed by atoms with Crippen molar-refractivity contribution in [1.82, 2.24) is 4.98 Å². The van der Waals surface area contributed by atoms with Crippen molar-refractivity contribution in [2.45, 2.75) is 20.0 Å². The zero-order valence-corrected chi connectivity index (χ0v) is 14.0. The molecule has 0 saturated heterocycles. The lowest BCUT2D eigenvalue weighted by atomic mass is 10.1. The Kier molecular flexibility index (Phi) is 4.91. The molecule has 0 spiro atoms. The van der Waals surface area contributed by atoms with Crippen molar-refractivity contribution in [2.75, 3.05) is 0 Å². The van der Waals surface area contributed by atoms with E-state index in [1.165, 1.54) is 16.9 Å². The van der Waals surface area contributed by atoms with Crippen LogP contribution in [0.3, 0.4) is 0 Å². The highest BCUT2D eigenvalue weighted by atomic mass is 32.1. The van der Waals surface area contributed by atoms with Crippen molar-refractivity contribution in [2.24, 2.45) is 0 Å². The Morgan fingerprint density at radius 2 is 2.00 bits per heavy atom. The standard InChI is InChI=1S/C19H17NO3S/c1-13-3-2-4-17(9-13)23-11-14-5-7-15(8-6-14)19-20-16(12-24-19)10-18(21)22/h2-9,12H,10-11H2,1H3,(H,21,22). The number of carboxylic acids is 1. The van der Waals surface area contributed by atoms with Crippen molar-refractivity contribution < 1.29 is 14.6 Å². The van der Waals surface area contributed by atoms with Crippen molar-refractivity contribution in [1.29, 1.82) is 0 Å². The molecule has 122 valence electrons. The van der Waals surface area contributed by atoms with Crippen LogP contribution < -0.4 is 4.74 Å². The molecule has 2 aromatic carbocycles. The fourth-order valence-corrected chi connectivity index (χ4v) is 3.12. The third-order valence-electron chi connectivity index (χ3n) is 3.48. The molecular weight excluding hydrogens is 322 g/mol. The van der Waals surface area contributed by atoms with Crippen LogP contribution in [0.2, 0.25) is 0 Å². The number of aryl methyl sites for hydroxylation is 1. The first kappa shape index (κ1) is 16.2. The van der Waals surface area contributed by atoms with Crippen molar-refractivity contribution >= 4 is 17.3 Å². The van der Waals surface area contributed by atoms with Gasteiger partial charge in [0, 0.05) is 10.9 Å². The van der Waals surface area contributed by atoms with Crippen LogP contribution >= 0.6 is 11.3 Å². The number of nitrogens with zero attached hydrogens (tertiary/aromatic N) is 1. The summed E-state index contributed by atoms with van der Waals surface area (Å²) in [7, 11) is 0. The van der Waals surface area contributed by atoms with E-state index in [1.807, 2.05) is 55.5 Å². The van der Waals surface area contributed by atoms with Crippen LogP contribution in [0, 0.1) is 6.92 Å². The zero-order chi connectivity index (χ0) is 16.9. The SMILES string of the molecule is Cc1cccc(OCc2ccc(-c3nc(CC(=O)O)cs3)cc2)c1. The summed E-state index contributed by atoms with van der Waals surface area (Å²) in [6.07, 6.45) is -0.0427. The Morgan fingerprint density at radius 1 is 1.21 bits per heavy atom. The van der Waals surface area contributed by atoms with Gasteiger partial charge in [0.05, 0.1) is 12.1 Å². The number of aliphatic carboxylic acids is 1. The number of carboxylic acid groups (broad SMARTS) is 1. The predicted molar refractivity (Wildman–Crippen MR) is 94.4 cm³/mol. The molecule has 5 heteroatoms. The molecule has 0 unspecified atom stereocenters. The average molecular weight is 339 g/mol. The lowest BCUT2D eigenvalue weighted by molar-refractivity contribution is -0.136. The van der Waals surface area contributed by atoms with E-state index in [9.17, 15) is 4.79 Å². The summed E-state index contributed by atoms with van der Waals surface area (Å²) in [6.45, 7) is 2.54. The van der Waals surface area contributed by atoms with E-state index in [2.05, 4.69) is 4.98 Å². The first-order chi connectivity index (χ1) is 11.6. The van der Waals surface area contributed by atoms with Gasteiger partial charge in [0.1, 0.15) is 17.4 Å². The van der Waals surface area contributed by atoms with Crippen LogP contribution in [0.1, 0.15) is 16.8 Å². The quantitative estimate of drug-likeness (QED) is 0.726. The second-order valence-corrected chi connectivity index (χ2v) is 6.37. The number of hydrogen-bond acceptors (Lipinski definition) is 4. The molecule has 0 aliphatic heterocycles. The first-order valence-corrected chi connectivity index (χ1v) is 8.43. The van der Waals surface area contributed by atoms with Gasteiger partial charge in [-0.25, -0.2) is 4.98 Å². The second-order valence-electron chi connectivity index (χ2n) is 5.52. The minimum atomic E-state index is -0.865. The number of ether oxygens (including phenoxy) is 1. The zero-order valence-electron chi connectivity index (χ0n) is 13.2. The summed E-state index contributed by atoms with van der Waals surface area (Å²) >= 11 is 1.46. The third kappa shape index (κ3) is 4.20. The Balaban J connectivity index is 1.64. The van der Waals surface area contributed by atoms with Crippen molar-refractivity contribution in [3.8, 4) is 16.3 Å². The maximum atomic E-state index is 10.7. The summed E-state index contributed by atoms with van der Waals surface area (Å²) in [6, 6.07) is 15.9. The fourth-order valence-electron chi connectivity index (χ4n) is 2.29. The lowest BCUT2D eigenvalue weighted by Crippen LogP contribution is -1.99. The summed E-state index contributed by atoms with van der Waals surface area (Å²) < 4.78 is 5.79. The third-order valence-corrected chi connectivity index (χ3v) is 4.42.